The quantitative estimate of drug-likeness (QED) is 0.692. The summed E-state index contributed by atoms with van der Waals surface area (Å²) in [4.78, 5) is 0. The molecule has 0 saturated heterocycles. The third-order valence-electron chi connectivity index (χ3n) is 2.94. The lowest BCUT2D eigenvalue weighted by Gasteiger charge is -2.33. The van der Waals surface area contributed by atoms with Crippen molar-refractivity contribution in [2.24, 2.45) is 11.1 Å². The molecule has 2 unspecified atom stereocenters. The van der Waals surface area contributed by atoms with Crippen molar-refractivity contribution in [2.45, 2.75) is 25.5 Å². The maximum atomic E-state index is 11.4. The molecule has 0 radical (unpaired) electrons. The standard InChI is InChI=1S/C9H15NO2S/c1-7-5-4-6-9(3,8(7)2)13(10,11)12/h4-6,8H,1-3H3,(H2,10,11,12). The van der Waals surface area contributed by atoms with Crippen LogP contribution in [-0.2, 0) is 10.0 Å². The van der Waals surface area contributed by atoms with Crippen LogP contribution in [-0.4, -0.2) is 13.2 Å². The highest BCUT2D eigenvalue weighted by atomic mass is 32.2. The Morgan fingerprint density at radius 2 is 2.08 bits per heavy atom. The largest absolute Gasteiger partial charge is 0.228 e. The van der Waals surface area contributed by atoms with Crippen molar-refractivity contribution in [2.75, 3.05) is 0 Å². The van der Waals surface area contributed by atoms with Crippen molar-refractivity contribution < 1.29 is 8.42 Å². The minimum atomic E-state index is -3.54. The van der Waals surface area contributed by atoms with Crippen molar-refractivity contribution in [3.05, 3.63) is 23.8 Å². The van der Waals surface area contributed by atoms with Crippen LogP contribution in [0.3, 0.4) is 0 Å². The molecule has 4 heteroatoms. The van der Waals surface area contributed by atoms with Crippen LogP contribution in [0.5, 0.6) is 0 Å². The topological polar surface area (TPSA) is 60.2 Å². The Kier molecular flexibility index (Phi) is 2.38. The van der Waals surface area contributed by atoms with Gasteiger partial charge in [-0.1, -0.05) is 30.7 Å². The summed E-state index contributed by atoms with van der Waals surface area (Å²) in [6, 6.07) is 0. The van der Waals surface area contributed by atoms with Crippen LogP contribution >= 0.6 is 0 Å². The molecular formula is C9H15NO2S. The van der Waals surface area contributed by atoms with Crippen molar-refractivity contribution in [1.29, 1.82) is 0 Å². The van der Waals surface area contributed by atoms with Crippen LogP contribution < -0.4 is 5.14 Å². The minimum absolute atomic E-state index is 0.0625. The molecule has 0 amide bonds. The van der Waals surface area contributed by atoms with Crippen LogP contribution in [0.15, 0.2) is 23.8 Å². The fourth-order valence-corrected chi connectivity index (χ4v) is 2.42. The molecule has 1 aliphatic rings. The second-order valence-electron chi connectivity index (χ2n) is 3.72. The number of nitrogens with two attached hydrogens (primary N) is 1. The maximum absolute atomic E-state index is 11.4. The second-order valence-corrected chi connectivity index (χ2v) is 5.69. The van der Waals surface area contributed by atoms with Crippen molar-refractivity contribution >= 4 is 10.0 Å². The first kappa shape index (κ1) is 10.5. The predicted octanol–water partition coefficient (Wildman–Crippen LogP) is 1.19. The van der Waals surface area contributed by atoms with E-state index in [1.165, 1.54) is 0 Å². The summed E-state index contributed by atoms with van der Waals surface area (Å²) >= 11 is 0. The summed E-state index contributed by atoms with van der Waals surface area (Å²) in [7, 11) is -3.54. The van der Waals surface area contributed by atoms with Crippen LogP contribution in [0.25, 0.3) is 0 Å². The fourth-order valence-electron chi connectivity index (χ4n) is 1.47. The fraction of sp³-hybridized carbons (Fsp3) is 0.556. The molecule has 0 aromatic rings. The summed E-state index contributed by atoms with van der Waals surface area (Å²) < 4.78 is 21.8. The number of hydrogen-bond acceptors (Lipinski definition) is 2. The van der Waals surface area contributed by atoms with E-state index in [1.54, 1.807) is 19.1 Å². The third kappa shape index (κ3) is 1.56. The molecule has 0 heterocycles. The molecule has 0 bridgehead atoms. The van der Waals surface area contributed by atoms with Gasteiger partial charge in [-0.25, -0.2) is 13.6 Å². The number of allylic oxidation sites excluding steroid dienone is 3. The van der Waals surface area contributed by atoms with Gasteiger partial charge in [0.05, 0.1) is 0 Å². The number of rotatable bonds is 1. The van der Waals surface area contributed by atoms with Gasteiger partial charge in [-0.15, -0.1) is 0 Å². The van der Waals surface area contributed by atoms with E-state index in [0.29, 0.717) is 0 Å². The normalized spacial score (nSPS) is 34.5. The molecule has 0 aromatic heterocycles. The average molecular weight is 201 g/mol. The zero-order chi connectivity index (χ0) is 10.3. The molecule has 1 rings (SSSR count). The zero-order valence-electron chi connectivity index (χ0n) is 8.11. The Morgan fingerprint density at radius 1 is 1.54 bits per heavy atom. The van der Waals surface area contributed by atoms with E-state index in [4.69, 9.17) is 5.14 Å². The van der Waals surface area contributed by atoms with Crippen LogP contribution in [0.4, 0.5) is 0 Å². The Morgan fingerprint density at radius 3 is 2.46 bits per heavy atom. The van der Waals surface area contributed by atoms with Gasteiger partial charge in [0.1, 0.15) is 4.75 Å². The monoisotopic (exact) mass is 201 g/mol. The SMILES string of the molecule is CC1=CC=CC(C)(S(N)(=O)=O)C1C. The lowest BCUT2D eigenvalue weighted by Crippen LogP contribution is -2.45. The first-order valence-corrected chi connectivity index (χ1v) is 5.72. The van der Waals surface area contributed by atoms with Gasteiger partial charge in [0.15, 0.2) is 0 Å². The highest BCUT2D eigenvalue weighted by molar-refractivity contribution is 7.90. The van der Waals surface area contributed by atoms with E-state index in [2.05, 4.69) is 0 Å². The number of primary sulfonamides is 1. The smallest absolute Gasteiger partial charge is 0.218 e. The van der Waals surface area contributed by atoms with Gasteiger partial charge < -0.3 is 0 Å². The van der Waals surface area contributed by atoms with Crippen LogP contribution in [0.1, 0.15) is 20.8 Å². The average Bonchev–Trinajstić information content (AvgIpc) is 1.98. The molecule has 13 heavy (non-hydrogen) atoms. The Bertz CT molecular complexity index is 367. The first-order chi connectivity index (χ1) is 5.79. The summed E-state index contributed by atoms with van der Waals surface area (Å²) in [5.74, 6) is -0.0625. The molecule has 3 nitrogen and oxygen atoms in total. The van der Waals surface area contributed by atoms with Gasteiger partial charge in [-0.05, 0) is 13.8 Å². The molecular weight excluding hydrogens is 186 g/mol. The van der Waals surface area contributed by atoms with Gasteiger partial charge in [-0.2, -0.15) is 0 Å². The second kappa shape index (κ2) is 2.96. The molecule has 0 spiro atoms. The molecule has 2 N–H and O–H groups in total. The van der Waals surface area contributed by atoms with Crippen LogP contribution in [0, 0.1) is 5.92 Å². The van der Waals surface area contributed by atoms with E-state index >= 15 is 0 Å². The predicted molar refractivity (Wildman–Crippen MR) is 53.6 cm³/mol. The summed E-state index contributed by atoms with van der Waals surface area (Å²) in [6.07, 6.45) is 5.32. The van der Waals surface area contributed by atoms with Gasteiger partial charge in [-0.3, -0.25) is 0 Å². The molecule has 1 aliphatic carbocycles. The highest BCUT2D eigenvalue weighted by Gasteiger charge is 2.41. The lowest BCUT2D eigenvalue weighted by molar-refractivity contribution is 0.499. The Labute approximate surface area is 79.4 Å². The van der Waals surface area contributed by atoms with Crippen molar-refractivity contribution in [1.82, 2.24) is 0 Å². The van der Waals surface area contributed by atoms with Gasteiger partial charge in [0.2, 0.25) is 10.0 Å². The van der Waals surface area contributed by atoms with E-state index in [0.717, 1.165) is 5.57 Å². The third-order valence-corrected chi connectivity index (χ3v) is 4.66. The number of sulfonamides is 1. The molecule has 0 aliphatic heterocycles. The summed E-state index contributed by atoms with van der Waals surface area (Å²) in [5, 5.41) is 5.19. The highest BCUT2D eigenvalue weighted by Crippen LogP contribution is 2.34. The molecule has 0 fully saturated rings. The van der Waals surface area contributed by atoms with Gasteiger partial charge >= 0.3 is 0 Å². The first-order valence-electron chi connectivity index (χ1n) is 4.17. The van der Waals surface area contributed by atoms with Crippen molar-refractivity contribution in [3.63, 3.8) is 0 Å². The minimum Gasteiger partial charge on any atom is -0.228 e. The summed E-state index contributed by atoms with van der Waals surface area (Å²) in [5.41, 5.74) is 1.04. The van der Waals surface area contributed by atoms with Crippen molar-refractivity contribution in [3.8, 4) is 0 Å². The molecule has 2 atom stereocenters. The lowest BCUT2D eigenvalue weighted by atomic mass is 9.85. The van der Waals surface area contributed by atoms with Crippen LogP contribution in [0.2, 0.25) is 0 Å². The molecule has 0 saturated carbocycles. The zero-order valence-corrected chi connectivity index (χ0v) is 8.93. The van der Waals surface area contributed by atoms with Gasteiger partial charge in [0, 0.05) is 5.92 Å². The Balaban J connectivity index is 3.23. The summed E-state index contributed by atoms with van der Waals surface area (Å²) in [6.45, 7) is 5.44. The maximum Gasteiger partial charge on any atom is 0.218 e. The Hall–Kier alpha value is -0.610. The van der Waals surface area contributed by atoms with E-state index < -0.39 is 14.8 Å². The van der Waals surface area contributed by atoms with E-state index in [9.17, 15) is 8.42 Å². The molecule has 0 aromatic carbocycles. The van der Waals surface area contributed by atoms with E-state index in [-0.39, 0.29) is 5.92 Å². The van der Waals surface area contributed by atoms with E-state index in [1.807, 2.05) is 19.9 Å². The number of hydrogen-bond donors (Lipinski definition) is 1. The van der Waals surface area contributed by atoms with Gasteiger partial charge in [0.25, 0.3) is 0 Å². The molecule has 74 valence electrons.